The molecule has 1 aromatic carbocycles. The Labute approximate surface area is 147 Å². The maximum absolute atomic E-state index is 10.6. The average Bonchev–Trinajstić information content (AvgIpc) is 2.56. The molecule has 6 nitrogen and oxygen atoms in total. The fourth-order valence-corrected chi connectivity index (χ4v) is 2.95. The maximum Gasteiger partial charge on any atom is 0.341 e. The highest BCUT2D eigenvalue weighted by atomic mass is 32.1. The van der Waals surface area contributed by atoms with E-state index in [0.29, 0.717) is 28.4 Å². The fraction of sp³-hybridized carbons (Fsp3) is 0.471. The quantitative estimate of drug-likeness (QED) is 0.416. The third-order valence-corrected chi connectivity index (χ3v) is 4.28. The Morgan fingerprint density at radius 2 is 2.17 bits per heavy atom. The van der Waals surface area contributed by atoms with Crippen LogP contribution in [0.1, 0.15) is 38.2 Å². The number of benzene rings is 1. The number of carbonyl (C=O) groups is 1. The van der Waals surface area contributed by atoms with Crippen molar-refractivity contribution in [1.82, 2.24) is 10.7 Å². The molecule has 0 bridgehead atoms. The predicted octanol–water partition coefficient (Wildman–Crippen LogP) is 2.53. The van der Waals surface area contributed by atoms with Gasteiger partial charge in [-0.15, -0.1) is 0 Å². The van der Waals surface area contributed by atoms with Gasteiger partial charge in [-0.25, -0.2) is 4.79 Å². The highest BCUT2D eigenvalue weighted by Crippen LogP contribution is 2.23. The minimum Gasteiger partial charge on any atom is -0.481 e. The molecule has 0 aromatic heterocycles. The minimum absolute atomic E-state index is 0.389. The molecule has 2 rings (SSSR count). The number of aliphatic carboxylic acids is 1. The van der Waals surface area contributed by atoms with Gasteiger partial charge in [0.15, 0.2) is 11.7 Å². The fourth-order valence-electron chi connectivity index (χ4n) is 2.75. The molecule has 1 aliphatic rings. The molecule has 2 atom stereocenters. The van der Waals surface area contributed by atoms with Crippen molar-refractivity contribution in [2.24, 2.45) is 11.0 Å². The van der Waals surface area contributed by atoms with Gasteiger partial charge in [0.05, 0.1) is 6.21 Å². The summed E-state index contributed by atoms with van der Waals surface area (Å²) >= 11 is 5.28. The zero-order valence-corrected chi connectivity index (χ0v) is 14.5. The predicted molar refractivity (Wildman–Crippen MR) is 97.5 cm³/mol. The summed E-state index contributed by atoms with van der Waals surface area (Å²) in [7, 11) is 0. The van der Waals surface area contributed by atoms with Gasteiger partial charge >= 0.3 is 5.97 Å². The number of thiocarbonyl (C=S) groups is 1. The number of para-hydroxylation sites is 1. The molecule has 0 aliphatic heterocycles. The molecule has 1 saturated carbocycles. The number of rotatable bonds is 6. The molecule has 0 spiro atoms. The van der Waals surface area contributed by atoms with E-state index in [1.54, 1.807) is 24.4 Å². The first-order valence-corrected chi connectivity index (χ1v) is 8.50. The number of hydrogen-bond acceptors (Lipinski definition) is 4. The van der Waals surface area contributed by atoms with Gasteiger partial charge in [0, 0.05) is 11.6 Å². The van der Waals surface area contributed by atoms with E-state index in [4.69, 9.17) is 22.1 Å². The van der Waals surface area contributed by atoms with Crippen molar-refractivity contribution in [3.8, 4) is 5.75 Å². The largest absolute Gasteiger partial charge is 0.481 e. The van der Waals surface area contributed by atoms with Crippen molar-refractivity contribution in [3.05, 3.63) is 29.8 Å². The lowest BCUT2D eigenvalue weighted by atomic mass is 9.86. The average molecular weight is 349 g/mol. The number of ether oxygens (including phenoxy) is 1. The minimum atomic E-state index is -1.02. The summed E-state index contributed by atoms with van der Waals surface area (Å²) < 4.78 is 5.22. The van der Waals surface area contributed by atoms with Gasteiger partial charge in [-0.1, -0.05) is 31.9 Å². The number of hydrogen-bond donors (Lipinski definition) is 3. The number of nitrogens with one attached hydrogen (secondary N) is 2. The number of nitrogens with zero attached hydrogens (tertiary/aromatic N) is 1. The summed E-state index contributed by atoms with van der Waals surface area (Å²) in [6.45, 7) is 1.84. The number of carboxylic acid groups (broad SMARTS) is 1. The Bertz CT molecular complexity index is 606. The second kappa shape index (κ2) is 9.22. The zero-order chi connectivity index (χ0) is 17.4. The van der Waals surface area contributed by atoms with Crippen LogP contribution in [0.5, 0.6) is 5.75 Å². The summed E-state index contributed by atoms with van der Waals surface area (Å²) in [5.74, 6) is 0.0460. The summed E-state index contributed by atoms with van der Waals surface area (Å²) in [4.78, 5) is 10.6. The molecule has 0 unspecified atom stereocenters. The smallest absolute Gasteiger partial charge is 0.341 e. The highest BCUT2D eigenvalue weighted by Gasteiger charge is 2.21. The lowest BCUT2D eigenvalue weighted by Gasteiger charge is -2.30. The van der Waals surface area contributed by atoms with Crippen LogP contribution in [-0.2, 0) is 4.79 Å². The van der Waals surface area contributed by atoms with Crippen molar-refractivity contribution in [1.29, 1.82) is 0 Å². The third kappa shape index (κ3) is 5.81. The van der Waals surface area contributed by atoms with Crippen molar-refractivity contribution in [2.45, 2.75) is 38.6 Å². The molecular formula is C17H23N3O3S. The Kier molecular flexibility index (Phi) is 6.99. The monoisotopic (exact) mass is 349 g/mol. The molecule has 0 saturated heterocycles. The molecule has 1 aromatic rings. The first-order chi connectivity index (χ1) is 11.6. The van der Waals surface area contributed by atoms with Crippen LogP contribution in [0.2, 0.25) is 0 Å². The lowest BCUT2D eigenvalue weighted by Crippen LogP contribution is -2.44. The van der Waals surface area contributed by atoms with E-state index in [1.807, 2.05) is 6.07 Å². The van der Waals surface area contributed by atoms with E-state index in [-0.39, 0.29) is 0 Å². The van der Waals surface area contributed by atoms with Gasteiger partial charge < -0.3 is 15.2 Å². The van der Waals surface area contributed by atoms with Crippen molar-refractivity contribution >= 4 is 29.5 Å². The van der Waals surface area contributed by atoms with Crippen LogP contribution >= 0.6 is 12.2 Å². The number of hydrazone groups is 1. The van der Waals surface area contributed by atoms with Crippen molar-refractivity contribution in [2.75, 3.05) is 6.61 Å². The highest BCUT2D eigenvalue weighted by molar-refractivity contribution is 7.80. The first-order valence-electron chi connectivity index (χ1n) is 8.09. The topological polar surface area (TPSA) is 83.0 Å². The van der Waals surface area contributed by atoms with Gasteiger partial charge in [0.2, 0.25) is 0 Å². The van der Waals surface area contributed by atoms with Gasteiger partial charge in [-0.05, 0) is 43.1 Å². The molecule has 130 valence electrons. The van der Waals surface area contributed by atoms with E-state index >= 15 is 0 Å². The van der Waals surface area contributed by atoms with Gasteiger partial charge in [0.1, 0.15) is 5.75 Å². The Morgan fingerprint density at radius 1 is 1.42 bits per heavy atom. The van der Waals surface area contributed by atoms with Crippen LogP contribution in [0.4, 0.5) is 0 Å². The molecule has 24 heavy (non-hydrogen) atoms. The van der Waals surface area contributed by atoms with Crippen molar-refractivity contribution in [3.63, 3.8) is 0 Å². The zero-order valence-electron chi connectivity index (χ0n) is 13.7. The van der Waals surface area contributed by atoms with Gasteiger partial charge in [-0.3, -0.25) is 5.43 Å². The summed E-state index contributed by atoms with van der Waals surface area (Å²) in [6, 6.07) is 7.49. The van der Waals surface area contributed by atoms with Crippen LogP contribution < -0.4 is 15.5 Å². The Balaban J connectivity index is 1.86. The van der Waals surface area contributed by atoms with Crippen LogP contribution in [0, 0.1) is 5.92 Å². The van der Waals surface area contributed by atoms with E-state index in [2.05, 4.69) is 22.8 Å². The second-order valence-electron chi connectivity index (χ2n) is 5.93. The molecule has 0 heterocycles. The molecule has 1 fully saturated rings. The molecule has 7 heteroatoms. The summed E-state index contributed by atoms with van der Waals surface area (Å²) in [5.41, 5.74) is 3.49. The normalized spacial score (nSPS) is 20.5. The summed E-state index contributed by atoms with van der Waals surface area (Å²) in [6.07, 6.45) is 6.42. The molecule has 3 N–H and O–H groups in total. The van der Waals surface area contributed by atoms with E-state index in [1.165, 1.54) is 19.3 Å². The molecule has 0 radical (unpaired) electrons. The molecular weight excluding hydrogens is 326 g/mol. The first kappa shape index (κ1) is 18.2. The van der Waals surface area contributed by atoms with Gasteiger partial charge in [0.25, 0.3) is 0 Å². The van der Waals surface area contributed by atoms with Crippen molar-refractivity contribution < 1.29 is 14.6 Å². The van der Waals surface area contributed by atoms with Crippen LogP contribution in [0.25, 0.3) is 0 Å². The van der Waals surface area contributed by atoms with Crippen LogP contribution in [-0.4, -0.2) is 35.1 Å². The van der Waals surface area contributed by atoms with E-state index in [0.717, 1.165) is 6.42 Å². The Hall–Kier alpha value is -2.15. The molecule has 1 aliphatic carbocycles. The van der Waals surface area contributed by atoms with Crippen LogP contribution in [0.15, 0.2) is 29.4 Å². The maximum atomic E-state index is 10.6. The Morgan fingerprint density at radius 3 is 2.92 bits per heavy atom. The van der Waals surface area contributed by atoms with E-state index in [9.17, 15) is 4.79 Å². The lowest BCUT2D eigenvalue weighted by molar-refractivity contribution is -0.139. The number of carboxylic acids is 1. The third-order valence-electron chi connectivity index (χ3n) is 4.07. The van der Waals surface area contributed by atoms with Gasteiger partial charge in [-0.2, -0.15) is 5.10 Å². The summed E-state index contributed by atoms with van der Waals surface area (Å²) in [5, 5.41) is 16.6. The molecule has 0 amide bonds. The SMILES string of the molecule is C[C@H]1CCCC[C@@H]1NC(=S)N/N=C\c1ccccc1OCC(=O)O. The standard InChI is InChI=1S/C17H23N3O3S/c1-12-6-2-4-8-14(12)19-17(24)20-18-10-13-7-3-5-9-15(13)23-11-16(21)22/h3,5,7,9-10,12,14H,2,4,6,8,11H2,1H3,(H,21,22)(H2,19,20,24)/b18-10-/t12-,14-/m0/s1. The van der Waals surface area contributed by atoms with Crippen LogP contribution in [0.3, 0.4) is 0 Å². The van der Waals surface area contributed by atoms with E-state index < -0.39 is 12.6 Å². The second-order valence-corrected chi connectivity index (χ2v) is 6.34.